The lowest BCUT2D eigenvalue weighted by Gasteiger charge is -2.26. The van der Waals surface area contributed by atoms with E-state index < -0.39 is 6.10 Å². The molecule has 0 N–H and O–H groups in total. The van der Waals surface area contributed by atoms with E-state index in [-0.39, 0.29) is 29.9 Å². The highest BCUT2D eigenvalue weighted by molar-refractivity contribution is 5.76. The topological polar surface area (TPSA) is 77.5 Å². The molecule has 4 atom stereocenters. The van der Waals surface area contributed by atoms with Crippen LogP contribution in [0.15, 0.2) is 121 Å². The summed E-state index contributed by atoms with van der Waals surface area (Å²) in [5, 5.41) is 3.60. The van der Waals surface area contributed by atoms with Gasteiger partial charge in [0.1, 0.15) is 5.92 Å². The summed E-state index contributed by atoms with van der Waals surface area (Å²) in [6.07, 6.45) is 0.00592. The van der Waals surface area contributed by atoms with Crippen molar-refractivity contribution >= 4 is 23.3 Å². The Balaban J connectivity index is 0.000000168. The maximum absolute atomic E-state index is 12.0. The van der Waals surface area contributed by atoms with Crippen LogP contribution < -0.4 is 10.1 Å². The van der Waals surface area contributed by atoms with E-state index in [4.69, 9.17) is 19.1 Å². The van der Waals surface area contributed by atoms with E-state index in [1.165, 1.54) is 14.2 Å². The number of para-hydroxylation sites is 2. The van der Waals surface area contributed by atoms with E-state index in [2.05, 4.69) is 0 Å². The third-order valence-corrected chi connectivity index (χ3v) is 7.30. The molecule has 42 heavy (non-hydrogen) atoms. The third kappa shape index (κ3) is 6.46. The Morgan fingerprint density at radius 2 is 1.12 bits per heavy atom. The van der Waals surface area contributed by atoms with Crippen molar-refractivity contribution in [3.63, 3.8) is 0 Å². The van der Waals surface area contributed by atoms with Gasteiger partial charge in [-0.15, -0.1) is 0 Å². The first-order valence-corrected chi connectivity index (χ1v) is 13.8. The van der Waals surface area contributed by atoms with Gasteiger partial charge in [0.2, 0.25) is 0 Å². The van der Waals surface area contributed by atoms with Crippen LogP contribution in [0.5, 0.6) is 0 Å². The molecule has 0 radical (unpaired) electrons. The second-order valence-corrected chi connectivity index (χ2v) is 9.88. The van der Waals surface area contributed by atoms with E-state index in [1.807, 2.05) is 121 Å². The lowest BCUT2D eigenvalue weighted by atomic mass is 9.94. The fraction of sp³-hybridized carbons (Fsp3) is 0.235. The normalized spacial score (nSPS) is 21.3. The third-order valence-electron chi connectivity index (χ3n) is 7.30. The first-order chi connectivity index (χ1) is 20.6. The SMILES string of the molecule is COC(=O)C1CC(c2ccccc2)N(c2ccccc2)O1.COC(=O)C1CON(c2ccccc2)C1c1ccccc1. The molecule has 2 saturated heterocycles. The van der Waals surface area contributed by atoms with Crippen molar-refractivity contribution in [2.24, 2.45) is 5.92 Å². The fourth-order valence-corrected chi connectivity index (χ4v) is 5.26. The van der Waals surface area contributed by atoms with Crippen molar-refractivity contribution in [3.8, 4) is 0 Å². The molecule has 0 spiro atoms. The molecule has 6 rings (SSSR count). The Morgan fingerprint density at radius 1 is 0.643 bits per heavy atom. The first-order valence-electron chi connectivity index (χ1n) is 13.8. The van der Waals surface area contributed by atoms with Gasteiger partial charge >= 0.3 is 11.9 Å². The molecule has 2 aliphatic rings. The molecule has 0 amide bonds. The predicted octanol–water partition coefficient (Wildman–Crippen LogP) is 6.08. The van der Waals surface area contributed by atoms with Crippen molar-refractivity contribution < 1.29 is 28.7 Å². The van der Waals surface area contributed by atoms with Gasteiger partial charge in [-0.2, -0.15) is 0 Å². The molecule has 216 valence electrons. The van der Waals surface area contributed by atoms with Crippen LogP contribution in [-0.4, -0.2) is 38.9 Å². The molecular weight excluding hydrogens is 532 g/mol. The Kier molecular flexibility index (Phi) is 9.48. The van der Waals surface area contributed by atoms with Gasteiger partial charge in [0.05, 0.1) is 44.3 Å². The predicted molar refractivity (Wildman–Crippen MR) is 159 cm³/mol. The van der Waals surface area contributed by atoms with Crippen LogP contribution in [-0.2, 0) is 28.7 Å². The summed E-state index contributed by atoms with van der Waals surface area (Å²) >= 11 is 0. The van der Waals surface area contributed by atoms with Gasteiger partial charge in [0.25, 0.3) is 0 Å². The summed E-state index contributed by atoms with van der Waals surface area (Å²) in [5.74, 6) is -0.922. The number of methoxy groups -OCH3 is 2. The lowest BCUT2D eigenvalue weighted by molar-refractivity contribution is -0.151. The Bertz CT molecular complexity index is 1320. The summed E-state index contributed by atoms with van der Waals surface area (Å²) in [4.78, 5) is 35.4. The summed E-state index contributed by atoms with van der Waals surface area (Å²) in [5.41, 5.74) is 4.01. The van der Waals surface area contributed by atoms with Gasteiger partial charge in [-0.3, -0.25) is 14.5 Å². The fourth-order valence-electron chi connectivity index (χ4n) is 5.26. The minimum atomic E-state index is -0.569. The number of benzene rings is 4. The number of nitrogens with zero attached hydrogens (tertiary/aromatic N) is 2. The van der Waals surface area contributed by atoms with Crippen LogP contribution in [0.2, 0.25) is 0 Å². The van der Waals surface area contributed by atoms with Crippen LogP contribution in [0.4, 0.5) is 11.4 Å². The van der Waals surface area contributed by atoms with E-state index >= 15 is 0 Å². The average molecular weight is 567 g/mol. The maximum atomic E-state index is 12.0. The number of esters is 2. The summed E-state index contributed by atoms with van der Waals surface area (Å²) in [7, 11) is 2.80. The molecule has 0 bridgehead atoms. The van der Waals surface area contributed by atoms with Crippen molar-refractivity contribution in [2.45, 2.75) is 24.6 Å². The zero-order valence-electron chi connectivity index (χ0n) is 23.6. The van der Waals surface area contributed by atoms with Crippen LogP contribution in [0, 0.1) is 5.92 Å². The van der Waals surface area contributed by atoms with Crippen molar-refractivity contribution in [2.75, 3.05) is 31.0 Å². The number of hydrogen-bond donors (Lipinski definition) is 0. The smallest absolute Gasteiger partial charge is 0.337 e. The number of hydrogen-bond acceptors (Lipinski definition) is 8. The maximum Gasteiger partial charge on any atom is 0.337 e. The van der Waals surface area contributed by atoms with Crippen LogP contribution >= 0.6 is 0 Å². The summed E-state index contributed by atoms with van der Waals surface area (Å²) in [6.45, 7) is 0.321. The van der Waals surface area contributed by atoms with Crippen LogP contribution in [0.3, 0.4) is 0 Å². The molecular formula is C34H34N2O6. The monoisotopic (exact) mass is 566 g/mol. The molecule has 2 heterocycles. The van der Waals surface area contributed by atoms with Crippen molar-refractivity contribution in [3.05, 3.63) is 132 Å². The largest absolute Gasteiger partial charge is 0.469 e. The number of ether oxygens (including phenoxy) is 2. The molecule has 8 heteroatoms. The van der Waals surface area contributed by atoms with Crippen LogP contribution in [0.25, 0.3) is 0 Å². The van der Waals surface area contributed by atoms with Crippen molar-refractivity contribution in [1.29, 1.82) is 0 Å². The minimum Gasteiger partial charge on any atom is -0.469 e. The molecule has 4 aromatic rings. The van der Waals surface area contributed by atoms with Crippen molar-refractivity contribution in [1.82, 2.24) is 0 Å². The Morgan fingerprint density at radius 3 is 1.64 bits per heavy atom. The van der Waals surface area contributed by atoms with Gasteiger partial charge in [-0.05, 0) is 35.4 Å². The molecule has 8 nitrogen and oxygen atoms in total. The van der Waals surface area contributed by atoms with Gasteiger partial charge in [-0.25, -0.2) is 14.9 Å². The Hall–Kier alpha value is -4.66. The minimum absolute atomic E-state index is 0.00213. The zero-order chi connectivity index (χ0) is 29.3. The molecule has 0 aliphatic carbocycles. The molecule has 4 unspecified atom stereocenters. The molecule has 2 fully saturated rings. The molecule has 0 aromatic heterocycles. The molecule has 4 aromatic carbocycles. The van der Waals surface area contributed by atoms with Gasteiger partial charge in [0, 0.05) is 6.42 Å². The van der Waals surface area contributed by atoms with Gasteiger partial charge < -0.3 is 9.47 Å². The van der Waals surface area contributed by atoms with Gasteiger partial charge in [-0.1, -0.05) is 97.1 Å². The first kappa shape index (κ1) is 28.9. The zero-order valence-corrected chi connectivity index (χ0v) is 23.6. The lowest BCUT2D eigenvalue weighted by Crippen LogP contribution is -2.28. The second-order valence-electron chi connectivity index (χ2n) is 9.88. The highest BCUT2D eigenvalue weighted by Gasteiger charge is 2.42. The van der Waals surface area contributed by atoms with E-state index in [1.54, 1.807) is 10.1 Å². The summed E-state index contributed by atoms with van der Waals surface area (Å²) < 4.78 is 9.74. The number of anilines is 2. The van der Waals surface area contributed by atoms with Crippen LogP contribution in [0.1, 0.15) is 29.6 Å². The molecule has 0 saturated carbocycles. The van der Waals surface area contributed by atoms with E-state index in [0.29, 0.717) is 13.0 Å². The molecule has 2 aliphatic heterocycles. The highest BCUT2D eigenvalue weighted by Crippen LogP contribution is 2.40. The Labute approximate surface area is 245 Å². The highest BCUT2D eigenvalue weighted by atomic mass is 16.7. The van der Waals surface area contributed by atoms with Gasteiger partial charge in [0.15, 0.2) is 6.10 Å². The number of rotatable bonds is 6. The number of carbonyl (C=O) groups is 2. The standard InChI is InChI=1S/2C17H17NO3/c1-20-17(19)15-12-21-18(14-10-6-3-7-11-14)16(15)13-8-4-2-5-9-13;1-20-17(19)16-12-15(13-8-4-2-5-9-13)18(21-16)14-10-6-3-7-11-14/h2*2-11,15-16H,12H2,1H3. The number of carbonyl (C=O) groups excluding carboxylic acids is 2. The summed E-state index contributed by atoms with van der Waals surface area (Å²) in [6, 6.07) is 39.3. The second kappa shape index (κ2) is 13.8. The van der Waals surface area contributed by atoms with E-state index in [0.717, 1.165) is 22.5 Å². The quantitative estimate of drug-likeness (QED) is 0.260. The van der Waals surface area contributed by atoms with E-state index in [9.17, 15) is 9.59 Å². The average Bonchev–Trinajstić information content (AvgIpc) is 3.72. The number of hydroxylamine groups is 2.